The molecule has 17 heavy (non-hydrogen) atoms. The van der Waals surface area contributed by atoms with Crippen molar-refractivity contribution in [2.45, 2.75) is 19.3 Å². The van der Waals surface area contributed by atoms with Crippen LogP contribution in [0.15, 0.2) is 0 Å². The zero-order chi connectivity index (χ0) is 12.1. The Morgan fingerprint density at radius 2 is 2.24 bits per heavy atom. The summed E-state index contributed by atoms with van der Waals surface area (Å²) in [6.07, 6.45) is 5.39. The van der Waals surface area contributed by atoms with Gasteiger partial charge in [-0.15, -0.1) is 5.10 Å². The maximum absolute atomic E-state index is 5.69. The van der Waals surface area contributed by atoms with E-state index in [0.29, 0.717) is 5.92 Å². The van der Waals surface area contributed by atoms with E-state index < -0.39 is 0 Å². The molecule has 96 valence electrons. The smallest absolute Gasteiger partial charge is 0.244 e. The summed E-state index contributed by atoms with van der Waals surface area (Å²) in [5, 5.41) is 7.32. The SMILES string of the molecule is CSCCc1nc(N2CCC(CN)CC2)n[nH]1. The van der Waals surface area contributed by atoms with Gasteiger partial charge in [0.05, 0.1) is 0 Å². The van der Waals surface area contributed by atoms with Gasteiger partial charge in [0.1, 0.15) is 5.82 Å². The van der Waals surface area contributed by atoms with Crippen LogP contribution in [0.5, 0.6) is 0 Å². The van der Waals surface area contributed by atoms with Gasteiger partial charge in [-0.2, -0.15) is 16.7 Å². The maximum atomic E-state index is 5.69. The van der Waals surface area contributed by atoms with Crippen molar-refractivity contribution in [1.29, 1.82) is 0 Å². The summed E-state index contributed by atoms with van der Waals surface area (Å²) in [6, 6.07) is 0. The van der Waals surface area contributed by atoms with Crippen LogP contribution in [-0.4, -0.2) is 46.8 Å². The van der Waals surface area contributed by atoms with Gasteiger partial charge in [0.15, 0.2) is 0 Å². The number of anilines is 1. The molecule has 0 spiro atoms. The zero-order valence-electron chi connectivity index (χ0n) is 10.4. The first-order valence-electron chi connectivity index (χ1n) is 6.18. The van der Waals surface area contributed by atoms with Crippen molar-refractivity contribution in [3.05, 3.63) is 5.82 Å². The fraction of sp³-hybridized carbons (Fsp3) is 0.818. The van der Waals surface area contributed by atoms with Crippen molar-refractivity contribution in [3.8, 4) is 0 Å². The van der Waals surface area contributed by atoms with Crippen molar-refractivity contribution in [2.75, 3.05) is 36.5 Å². The van der Waals surface area contributed by atoms with Crippen LogP contribution < -0.4 is 10.6 Å². The molecule has 6 heteroatoms. The second kappa shape index (κ2) is 6.26. The maximum Gasteiger partial charge on any atom is 0.244 e. The highest BCUT2D eigenvalue weighted by molar-refractivity contribution is 7.98. The predicted octanol–water partition coefficient (Wildman–Crippen LogP) is 0.885. The summed E-state index contributed by atoms with van der Waals surface area (Å²) in [5.41, 5.74) is 5.69. The minimum absolute atomic E-state index is 0.682. The van der Waals surface area contributed by atoms with Crippen LogP contribution in [-0.2, 0) is 6.42 Å². The van der Waals surface area contributed by atoms with E-state index in [0.717, 1.165) is 56.4 Å². The molecule has 0 amide bonds. The van der Waals surface area contributed by atoms with Crippen LogP contribution in [0, 0.1) is 5.92 Å². The van der Waals surface area contributed by atoms with E-state index in [9.17, 15) is 0 Å². The van der Waals surface area contributed by atoms with Crippen LogP contribution in [0.25, 0.3) is 0 Å². The summed E-state index contributed by atoms with van der Waals surface area (Å²) in [4.78, 5) is 6.79. The predicted molar refractivity (Wildman–Crippen MR) is 72.5 cm³/mol. The first-order chi connectivity index (χ1) is 8.33. The Balaban J connectivity index is 1.87. The van der Waals surface area contributed by atoms with Crippen molar-refractivity contribution in [1.82, 2.24) is 15.2 Å². The number of nitrogens with one attached hydrogen (secondary N) is 1. The molecule has 0 aliphatic carbocycles. The third-order valence-corrected chi connectivity index (χ3v) is 3.91. The second-order valence-corrected chi connectivity index (χ2v) is 5.48. The zero-order valence-corrected chi connectivity index (χ0v) is 11.2. The summed E-state index contributed by atoms with van der Waals surface area (Å²) >= 11 is 1.83. The first kappa shape index (κ1) is 12.7. The molecule has 0 atom stereocenters. The normalized spacial score (nSPS) is 17.6. The number of aryl methyl sites for hydroxylation is 1. The molecule has 1 aliphatic heterocycles. The Morgan fingerprint density at radius 1 is 1.47 bits per heavy atom. The number of aromatic nitrogens is 3. The number of thioether (sulfide) groups is 1. The summed E-state index contributed by atoms with van der Waals surface area (Å²) in [7, 11) is 0. The van der Waals surface area contributed by atoms with E-state index in [4.69, 9.17) is 5.73 Å². The Labute approximate surface area is 107 Å². The Bertz CT molecular complexity index is 332. The van der Waals surface area contributed by atoms with Gasteiger partial charge in [0.25, 0.3) is 0 Å². The quantitative estimate of drug-likeness (QED) is 0.817. The van der Waals surface area contributed by atoms with Gasteiger partial charge in [0, 0.05) is 25.3 Å². The fourth-order valence-electron chi connectivity index (χ4n) is 2.11. The van der Waals surface area contributed by atoms with Gasteiger partial charge in [-0.1, -0.05) is 0 Å². The molecule has 1 aromatic rings. The Morgan fingerprint density at radius 3 is 2.88 bits per heavy atom. The van der Waals surface area contributed by atoms with E-state index in [-0.39, 0.29) is 0 Å². The first-order valence-corrected chi connectivity index (χ1v) is 7.58. The standard InChI is InChI=1S/C11H21N5S/c1-17-7-4-10-13-11(15-14-10)16-5-2-9(8-12)3-6-16/h9H,2-8,12H2,1H3,(H,13,14,15). The summed E-state index contributed by atoms with van der Waals surface area (Å²) in [6.45, 7) is 2.87. The van der Waals surface area contributed by atoms with Crippen molar-refractivity contribution in [3.63, 3.8) is 0 Å². The van der Waals surface area contributed by atoms with E-state index >= 15 is 0 Å². The van der Waals surface area contributed by atoms with Gasteiger partial charge in [0.2, 0.25) is 5.95 Å². The number of aromatic amines is 1. The summed E-state index contributed by atoms with van der Waals surface area (Å²) in [5.74, 6) is 3.62. The lowest BCUT2D eigenvalue weighted by Crippen LogP contribution is -2.36. The molecule has 0 radical (unpaired) electrons. The largest absolute Gasteiger partial charge is 0.340 e. The lowest BCUT2D eigenvalue weighted by atomic mass is 9.97. The molecule has 3 N–H and O–H groups in total. The molecule has 2 rings (SSSR count). The van der Waals surface area contributed by atoms with E-state index in [1.54, 1.807) is 0 Å². The van der Waals surface area contributed by atoms with E-state index in [2.05, 4.69) is 26.3 Å². The monoisotopic (exact) mass is 255 g/mol. The fourth-order valence-corrected chi connectivity index (χ4v) is 2.50. The molecule has 5 nitrogen and oxygen atoms in total. The highest BCUT2D eigenvalue weighted by atomic mass is 32.2. The molecule has 1 aromatic heterocycles. The molecule has 0 saturated carbocycles. The van der Waals surface area contributed by atoms with Gasteiger partial charge in [-0.25, -0.2) is 0 Å². The number of H-pyrrole nitrogens is 1. The van der Waals surface area contributed by atoms with Crippen molar-refractivity contribution in [2.24, 2.45) is 11.7 Å². The van der Waals surface area contributed by atoms with Gasteiger partial charge in [-0.05, 0) is 31.6 Å². The topological polar surface area (TPSA) is 70.8 Å². The molecular weight excluding hydrogens is 234 g/mol. The van der Waals surface area contributed by atoms with Crippen LogP contribution in [0.4, 0.5) is 5.95 Å². The number of piperidine rings is 1. The minimum Gasteiger partial charge on any atom is -0.340 e. The number of hydrogen-bond donors (Lipinski definition) is 2. The molecule has 2 heterocycles. The minimum atomic E-state index is 0.682. The molecule has 0 aromatic carbocycles. The number of nitrogens with zero attached hydrogens (tertiary/aromatic N) is 3. The van der Waals surface area contributed by atoms with E-state index in [1.807, 2.05) is 11.8 Å². The van der Waals surface area contributed by atoms with Crippen LogP contribution in [0.3, 0.4) is 0 Å². The lowest BCUT2D eigenvalue weighted by molar-refractivity contribution is 0.411. The van der Waals surface area contributed by atoms with Crippen LogP contribution in [0.1, 0.15) is 18.7 Å². The molecule has 1 saturated heterocycles. The molecule has 0 unspecified atom stereocenters. The van der Waals surface area contributed by atoms with Crippen molar-refractivity contribution >= 4 is 17.7 Å². The second-order valence-electron chi connectivity index (χ2n) is 4.49. The number of nitrogens with two attached hydrogens (primary N) is 1. The Hall–Kier alpha value is -0.750. The molecule has 1 fully saturated rings. The average molecular weight is 255 g/mol. The molecular formula is C11H21N5S. The third kappa shape index (κ3) is 3.35. The average Bonchev–Trinajstić information content (AvgIpc) is 2.85. The highest BCUT2D eigenvalue weighted by Crippen LogP contribution is 2.19. The number of hydrogen-bond acceptors (Lipinski definition) is 5. The van der Waals surface area contributed by atoms with Gasteiger partial charge >= 0.3 is 0 Å². The lowest BCUT2D eigenvalue weighted by Gasteiger charge is -2.30. The summed E-state index contributed by atoms with van der Waals surface area (Å²) < 4.78 is 0. The Kier molecular flexibility index (Phi) is 4.67. The highest BCUT2D eigenvalue weighted by Gasteiger charge is 2.20. The van der Waals surface area contributed by atoms with Crippen LogP contribution in [0.2, 0.25) is 0 Å². The van der Waals surface area contributed by atoms with Gasteiger partial charge in [-0.3, -0.25) is 5.10 Å². The molecule has 1 aliphatic rings. The van der Waals surface area contributed by atoms with Gasteiger partial charge < -0.3 is 10.6 Å². The van der Waals surface area contributed by atoms with Crippen LogP contribution >= 0.6 is 11.8 Å². The molecule has 0 bridgehead atoms. The number of rotatable bonds is 5. The van der Waals surface area contributed by atoms with E-state index in [1.165, 1.54) is 0 Å². The van der Waals surface area contributed by atoms with Crippen molar-refractivity contribution < 1.29 is 0 Å². The third-order valence-electron chi connectivity index (χ3n) is 3.29.